The number of nitrogens with one attached hydrogen (secondary N) is 2. The predicted molar refractivity (Wildman–Crippen MR) is 112 cm³/mol. The zero-order valence-electron chi connectivity index (χ0n) is 16.9. The normalized spacial score (nSPS) is 24.9. The first-order valence-electron chi connectivity index (χ1n) is 10.8. The molecular formula is C24H25N3O3. The Hall–Kier alpha value is -3.02. The number of pyridine rings is 1. The molecule has 6 heteroatoms. The molecule has 2 atom stereocenters. The zero-order valence-corrected chi connectivity index (χ0v) is 16.9. The molecule has 2 N–H and O–H groups in total. The fraction of sp³-hybridized carbons (Fsp3) is 0.417. The minimum absolute atomic E-state index is 0.0370. The van der Waals surface area contributed by atoms with E-state index in [1.165, 1.54) is 12.0 Å². The number of anilines is 1. The second kappa shape index (κ2) is 7.35. The first-order valence-corrected chi connectivity index (χ1v) is 10.8. The number of carbonyl (C=O) groups is 3. The quantitative estimate of drug-likeness (QED) is 0.772. The molecule has 3 amide bonds. The van der Waals surface area contributed by atoms with Crippen molar-refractivity contribution in [3.8, 4) is 0 Å². The number of rotatable bonds is 3. The summed E-state index contributed by atoms with van der Waals surface area (Å²) in [4.78, 5) is 43.7. The van der Waals surface area contributed by atoms with Crippen LogP contribution in [0.5, 0.6) is 0 Å². The van der Waals surface area contributed by atoms with Crippen LogP contribution in [0.1, 0.15) is 54.6 Å². The van der Waals surface area contributed by atoms with Gasteiger partial charge in [0.25, 0.3) is 0 Å². The number of imide groups is 1. The Kier molecular flexibility index (Phi) is 4.65. The molecule has 5 rings (SSSR count). The maximum atomic E-state index is 13.1. The number of aryl methyl sites for hydroxylation is 3. The lowest BCUT2D eigenvalue weighted by atomic mass is 9.64. The van der Waals surface area contributed by atoms with Crippen LogP contribution >= 0.6 is 0 Å². The molecule has 1 aromatic carbocycles. The molecule has 0 saturated carbocycles. The number of para-hydroxylation sites is 1. The fourth-order valence-corrected chi connectivity index (χ4v) is 5.37. The molecule has 0 unspecified atom stereocenters. The van der Waals surface area contributed by atoms with Crippen molar-refractivity contribution in [3.63, 3.8) is 0 Å². The number of fused-ring (bicyclic) bond motifs is 3. The molecule has 0 bridgehead atoms. The van der Waals surface area contributed by atoms with E-state index in [9.17, 15) is 14.4 Å². The van der Waals surface area contributed by atoms with Crippen LogP contribution in [0.25, 0.3) is 0 Å². The minimum Gasteiger partial charge on any atom is -0.326 e. The number of hydrogen-bond acceptors (Lipinski definition) is 4. The van der Waals surface area contributed by atoms with E-state index in [4.69, 9.17) is 4.98 Å². The number of hydrogen-bond donors (Lipinski definition) is 2. The molecule has 6 nitrogen and oxygen atoms in total. The Balaban J connectivity index is 1.51. The summed E-state index contributed by atoms with van der Waals surface area (Å²) in [5.41, 5.74) is 3.78. The Bertz CT molecular complexity index is 1030. The monoisotopic (exact) mass is 403 g/mol. The maximum absolute atomic E-state index is 13.1. The van der Waals surface area contributed by atoms with Gasteiger partial charge in [-0.3, -0.25) is 24.7 Å². The van der Waals surface area contributed by atoms with Gasteiger partial charge in [0.1, 0.15) is 5.41 Å². The topological polar surface area (TPSA) is 88.2 Å². The second-order valence-electron chi connectivity index (χ2n) is 8.62. The number of aromatic nitrogens is 1. The lowest BCUT2D eigenvalue weighted by Crippen LogP contribution is -2.45. The van der Waals surface area contributed by atoms with Crippen molar-refractivity contribution in [3.05, 3.63) is 58.9 Å². The molecule has 3 aliphatic rings. The highest BCUT2D eigenvalue weighted by atomic mass is 16.2. The summed E-state index contributed by atoms with van der Waals surface area (Å²) in [6.07, 6.45) is 6.38. The van der Waals surface area contributed by atoms with Crippen molar-refractivity contribution in [2.75, 3.05) is 5.32 Å². The van der Waals surface area contributed by atoms with Gasteiger partial charge in [-0.05, 0) is 68.2 Å². The first kappa shape index (κ1) is 19.0. The summed E-state index contributed by atoms with van der Waals surface area (Å²) < 4.78 is 0. The van der Waals surface area contributed by atoms with E-state index in [-0.39, 0.29) is 24.1 Å². The first-order chi connectivity index (χ1) is 14.6. The maximum Gasteiger partial charge on any atom is 0.239 e. The Morgan fingerprint density at radius 3 is 2.67 bits per heavy atom. The van der Waals surface area contributed by atoms with Crippen molar-refractivity contribution in [2.24, 2.45) is 5.92 Å². The number of carbonyl (C=O) groups excluding carboxylic acids is 3. The third-order valence-corrected chi connectivity index (χ3v) is 6.82. The predicted octanol–water partition coefficient (Wildman–Crippen LogP) is 2.84. The highest BCUT2D eigenvalue weighted by molar-refractivity contribution is 6.12. The lowest BCUT2D eigenvalue weighted by molar-refractivity contribution is -0.127. The number of amides is 3. The van der Waals surface area contributed by atoms with Gasteiger partial charge in [-0.25, -0.2) is 0 Å². The van der Waals surface area contributed by atoms with E-state index >= 15 is 0 Å². The zero-order chi connectivity index (χ0) is 20.7. The average Bonchev–Trinajstić information content (AvgIpc) is 2.98. The summed E-state index contributed by atoms with van der Waals surface area (Å²) in [6, 6.07) is 11.4. The van der Waals surface area contributed by atoms with Crippen LogP contribution in [0, 0.1) is 5.92 Å². The van der Waals surface area contributed by atoms with Crippen molar-refractivity contribution in [1.82, 2.24) is 10.3 Å². The summed E-state index contributed by atoms with van der Waals surface area (Å²) in [7, 11) is 0. The van der Waals surface area contributed by atoms with Crippen LogP contribution in [-0.4, -0.2) is 22.7 Å². The molecule has 1 aromatic heterocycles. The van der Waals surface area contributed by atoms with Crippen LogP contribution in [0.4, 0.5) is 5.69 Å². The van der Waals surface area contributed by atoms with Gasteiger partial charge in [-0.2, -0.15) is 0 Å². The van der Waals surface area contributed by atoms with Gasteiger partial charge in [0.05, 0.1) is 11.6 Å². The number of benzene rings is 1. The summed E-state index contributed by atoms with van der Waals surface area (Å²) in [5.74, 6) is -1.66. The van der Waals surface area contributed by atoms with Gasteiger partial charge in [0.15, 0.2) is 0 Å². The molecule has 2 aromatic rings. The molecule has 2 aliphatic carbocycles. The molecule has 1 aliphatic heterocycles. The van der Waals surface area contributed by atoms with Gasteiger partial charge in [-0.1, -0.05) is 24.3 Å². The van der Waals surface area contributed by atoms with E-state index in [2.05, 4.69) is 16.7 Å². The average molecular weight is 403 g/mol. The standard InChI is InChI=1S/C24H25N3O3/c28-20(25-17-9-2-1-3-10-17)14-18-22(29)27-23(30)24(18)12-6-8-16-13-15-7-4-5-11-19(15)26-21(16)24/h1-3,9-10,13,18H,4-8,11-12,14H2,(H,25,28)(H,27,29,30)/t18-,24+/m0/s1. The van der Waals surface area contributed by atoms with E-state index in [1.807, 2.05) is 18.2 Å². The van der Waals surface area contributed by atoms with E-state index in [1.54, 1.807) is 12.1 Å². The molecular weight excluding hydrogens is 378 g/mol. The van der Waals surface area contributed by atoms with Crippen molar-refractivity contribution >= 4 is 23.4 Å². The minimum atomic E-state index is -1.04. The van der Waals surface area contributed by atoms with Gasteiger partial charge in [-0.15, -0.1) is 0 Å². The summed E-state index contributed by atoms with van der Waals surface area (Å²) in [6.45, 7) is 0. The van der Waals surface area contributed by atoms with Crippen LogP contribution in [0.2, 0.25) is 0 Å². The van der Waals surface area contributed by atoms with Crippen LogP contribution in [0.3, 0.4) is 0 Å². The largest absolute Gasteiger partial charge is 0.326 e. The van der Waals surface area contributed by atoms with Gasteiger partial charge in [0.2, 0.25) is 17.7 Å². The van der Waals surface area contributed by atoms with Crippen LogP contribution in [-0.2, 0) is 39.1 Å². The molecule has 154 valence electrons. The SMILES string of the molecule is O=C(C[C@H]1C(=O)NC(=O)[C@]12CCCc1cc3c(nc12)CCCC3)Nc1ccccc1. The van der Waals surface area contributed by atoms with Crippen LogP contribution in [0.15, 0.2) is 36.4 Å². The summed E-state index contributed by atoms with van der Waals surface area (Å²) >= 11 is 0. The van der Waals surface area contributed by atoms with E-state index < -0.39 is 11.3 Å². The lowest BCUT2D eigenvalue weighted by Gasteiger charge is -2.37. The fourth-order valence-electron chi connectivity index (χ4n) is 5.37. The molecule has 1 fully saturated rings. The van der Waals surface area contributed by atoms with Gasteiger partial charge < -0.3 is 5.32 Å². The second-order valence-corrected chi connectivity index (χ2v) is 8.62. The van der Waals surface area contributed by atoms with Crippen LogP contribution < -0.4 is 10.6 Å². The molecule has 1 saturated heterocycles. The molecule has 2 heterocycles. The Labute approximate surface area is 175 Å². The van der Waals surface area contributed by atoms with Gasteiger partial charge in [0, 0.05) is 17.8 Å². The molecule has 30 heavy (non-hydrogen) atoms. The van der Waals surface area contributed by atoms with Crippen molar-refractivity contribution in [1.29, 1.82) is 0 Å². The van der Waals surface area contributed by atoms with E-state index in [0.29, 0.717) is 12.1 Å². The molecule has 1 spiro atoms. The van der Waals surface area contributed by atoms with E-state index in [0.717, 1.165) is 49.1 Å². The smallest absolute Gasteiger partial charge is 0.239 e. The van der Waals surface area contributed by atoms with Gasteiger partial charge >= 0.3 is 0 Å². The Morgan fingerprint density at radius 1 is 1.07 bits per heavy atom. The summed E-state index contributed by atoms with van der Waals surface area (Å²) in [5, 5.41) is 5.37. The Morgan fingerprint density at radius 2 is 1.83 bits per heavy atom. The highest BCUT2D eigenvalue weighted by Crippen LogP contribution is 2.47. The number of nitrogens with zero attached hydrogens (tertiary/aromatic N) is 1. The third kappa shape index (κ3) is 3.02. The van der Waals surface area contributed by atoms with Crippen molar-refractivity contribution in [2.45, 2.75) is 56.8 Å². The highest BCUT2D eigenvalue weighted by Gasteiger charge is 2.59. The third-order valence-electron chi connectivity index (χ3n) is 6.82. The van der Waals surface area contributed by atoms with Crippen molar-refractivity contribution < 1.29 is 14.4 Å². The molecule has 0 radical (unpaired) electrons.